The number of hydrogen-bond acceptors (Lipinski definition) is 5. The van der Waals surface area contributed by atoms with E-state index in [9.17, 15) is 31.6 Å². The molecule has 3 rings (SSSR count). The van der Waals surface area contributed by atoms with Gasteiger partial charge in [-0.05, 0) is 42.5 Å². The van der Waals surface area contributed by atoms with Crippen molar-refractivity contribution < 1.29 is 31.6 Å². The van der Waals surface area contributed by atoms with Crippen LogP contribution >= 0.6 is 0 Å². The number of nitrogens with zero attached hydrogens (tertiary/aromatic N) is 1. The number of carbonyl (C=O) groups is 3. The first-order chi connectivity index (χ1) is 14.1. The molecule has 0 aromatic heterocycles. The van der Waals surface area contributed by atoms with E-state index in [1.807, 2.05) is 4.72 Å². The molecule has 1 saturated heterocycles. The van der Waals surface area contributed by atoms with Crippen LogP contribution in [-0.4, -0.2) is 44.1 Å². The Kier molecular flexibility index (Phi) is 5.83. The fraction of sp³-hybridized carbons (Fsp3) is 0.211. The molecule has 2 aromatic carbocycles. The molecule has 0 atom stereocenters. The monoisotopic (exact) mass is 437 g/mol. The van der Waals surface area contributed by atoms with E-state index >= 15 is 0 Å². The first kappa shape index (κ1) is 21.4. The molecule has 2 N–H and O–H groups in total. The van der Waals surface area contributed by atoms with Gasteiger partial charge in [-0.1, -0.05) is 0 Å². The molecule has 0 spiro atoms. The second kappa shape index (κ2) is 8.19. The van der Waals surface area contributed by atoms with Crippen LogP contribution in [0.4, 0.5) is 14.5 Å². The van der Waals surface area contributed by atoms with Gasteiger partial charge in [0.2, 0.25) is 11.8 Å². The number of likely N-dealkylation sites (tertiary alicyclic amines) is 1. The number of halogens is 2. The van der Waals surface area contributed by atoms with E-state index in [0.717, 1.165) is 19.1 Å². The highest BCUT2D eigenvalue weighted by Gasteiger charge is 2.36. The van der Waals surface area contributed by atoms with E-state index in [1.54, 1.807) is 0 Å². The van der Waals surface area contributed by atoms with Crippen LogP contribution < -0.4 is 10.0 Å². The highest BCUT2D eigenvalue weighted by atomic mass is 32.2. The van der Waals surface area contributed by atoms with Crippen LogP contribution in [0, 0.1) is 17.6 Å². The predicted molar refractivity (Wildman–Crippen MR) is 102 cm³/mol. The summed E-state index contributed by atoms with van der Waals surface area (Å²) < 4.78 is 51.9. The first-order valence-electron chi connectivity index (χ1n) is 8.75. The van der Waals surface area contributed by atoms with Crippen LogP contribution in [0.3, 0.4) is 0 Å². The summed E-state index contributed by atoms with van der Waals surface area (Å²) in [5.74, 6) is -4.28. The Bertz CT molecular complexity index is 1110. The van der Waals surface area contributed by atoms with E-state index in [2.05, 4.69) is 5.32 Å². The second-order valence-electron chi connectivity index (χ2n) is 6.71. The summed E-state index contributed by atoms with van der Waals surface area (Å²) in [7, 11) is -3.97. The number of sulfonamides is 1. The number of benzene rings is 2. The minimum absolute atomic E-state index is 0.0104. The van der Waals surface area contributed by atoms with Crippen LogP contribution in [0.25, 0.3) is 0 Å². The van der Waals surface area contributed by atoms with Gasteiger partial charge in [0.15, 0.2) is 11.6 Å². The van der Waals surface area contributed by atoms with Crippen molar-refractivity contribution in [2.75, 3.05) is 18.4 Å². The molecule has 3 amide bonds. The van der Waals surface area contributed by atoms with Gasteiger partial charge in [-0.3, -0.25) is 14.4 Å². The molecule has 1 aliphatic heterocycles. The number of hydrogen-bond donors (Lipinski definition) is 2. The molecule has 0 unspecified atom stereocenters. The third kappa shape index (κ3) is 4.62. The molecule has 0 radical (unpaired) electrons. The molecular formula is C19H17F2N3O5S. The van der Waals surface area contributed by atoms with Gasteiger partial charge in [0, 0.05) is 31.3 Å². The van der Waals surface area contributed by atoms with Crippen molar-refractivity contribution >= 4 is 33.4 Å². The van der Waals surface area contributed by atoms with Crippen molar-refractivity contribution in [1.82, 2.24) is 9.62 Å². The average molecular weight is 437 g/mol. The number of anilines is 1. The number of nitrogens with one attached hydrogen (secondary N) is 2. The zero-order valence-electron chi connectivity index (χ0n) is 15.7. The van der Waals surface area contributed by atoms with Crippen LogP contribution in [0.2, 0.25) is 0 Å². The lowest BCUT2D eigenvalue weighted by Gasteiger charge is -2.38. The van der Waals surface area contributed by atoms with E-state index < -0.39 is 39.4 Å². The van der Waals surface area contributed by atoms with Crippen LogP contribution in [0.15, 0.2) is 47.4 Å². The zero-order chi connectivity index (χ0) is 22.1. The van der Waals surface area contributed by atoms with Crippen LogP contribution in [0.5, 0.6) is 0 Å². The van der Waals surface area contributed by atoms with Crippen molar-refractivity contribution in [3.8, 4) is 0 Å². The fourth-order valence-electron chi connectivity index (χ4n) is 2.83. The van der Waals surface area contributed by atoms with Crippen molar-refractivity contribution in [1.29, 1.82) is 0 Å². The Morgan fingerprint density at radius 2 is 1.63 bits per heavy atom. The van der Waals surface area contributed by atoms with Crippen molar-refractivity contribution in [3.63, 3.8) is 0 Å². The van der Waals surface area contributed by atoms with Gasteiger partial charge in [0.1, 0.15) is 0 Å². The highest BCUT2D eigenvalue weighted by molar-refractivity contribution is 7.90. The normalized spacial score (nSPS) is 14.0. The van der Waals surface area contributed by atoms with Crippen LogP contribution in [-0.2, 0) is 19.6 Å². The summed E-state index contributed by atoms with van der Waals surface area (Å²) in [6, 6.07) is 8.06. The lowest BCUT2D eigenvalue weighted by atomic mass is 9.97. The van der Waals surface area contributed by atoms with Gasteiger partial charge in [0.25, 0.3) is 15.9 Å². The van der Waals surface area contributed by atoms with E-state index in [1.165, 1.54) is 35.2 Å². The van der Waals surface area contributed by atoms with Gasteiger partial charge in [-0.15, -0.1) is 0 Å². The maximum Gasteiger partial charge on any atom is 0.264 e. The Labute approximate surface area is 170 Å². The Hall–Kier alpha value is -3.34. The molecule has 30 heavy (non-hydrogen) atoms. The number of amides is 3. The van der Waals surface area contributed by atoms with E-state index in [0.29, 0.717) is 5.69 Å². The number of carbonyl (C=O) groups excluding carboxylic acids is 3. The van der Waals surface area contributed by atoms with Crippen molar-refractivity contribution in [2.45, 2.75) is 11.8 Å². The van der Waals surface area contributed by atoms with E-state index in [-0.39, 0.29) is 29.5 Å². The Morgan fingerprint density at radius 1 is 1.00 bits per heavy atom. The molecule has 11 heteroatoms. The van der Waals surface area contributed by atoms with Gasteiger partial charge in [-0.25, -0.2) is 21.9 Å². The lowest BCUT2D eigenvalue weighted by molar-refractivity contribution is -0.123. The summed E-state index contributed by atoms with van der Waals surface area (Å²) in [6.07, 6.45) is 0. The summed E-state index contributed by atoms with van der Waals surface area (Å²) in [4.78, 5) is 36.7. The van der Waals surface area contributed by atoms with Gasteiger partial charge in [0.05, 0.1) is 10.8 Å². The summed E-state index contributed by atoms with van der Waals surface area (Å²) in [5, 5.41) is 2.61. The van der Waals surface area contributed by atoms with Crippen molar-refractivity contribution in [3.05, 3.63) is 59.7 Å². The summed E-state index contributed by atoms with van der Waals surface area (Å²) >= 11 is 0. The molecule has 1 aliphatic rings. The molecule has 0 aliphatic carbocycles. The molecule has 0 bridgehead atoms. The lowest BCUT2D eigenvalue weighted by Crippen LogP contribution is -2.54. The minimum atomic E-state index is -3.97. The number of rotatable bonds is 5. The Morgan fingerprint density at radius 3 is 2.20 bits per heavy atom. The standard InChI is InChI=1S/C19H17F2N3O5S/c1-11(25)23-30(28,29)15-5-3-14(4-6-15)22-18(26)13-9-24(10-13)19(27)12-2-7-16(20)17(21)8-12/h2-8,13H,9-10H2,1H3,(H,22,26)(H,23,25). The SMILES string of the molecule is CC(=O)NS(=O)(=O)c1ccc(NC(=O)C2CN(C(=O)c3ccc(F)c(F)c3)C2)cc1. The topological polar surface area (TPSA) is 113 Å². The molecule has 1 heterocycles. The predicted octanol–water partition coefficient (Wildman–Crippen LogP) is 1.50. The third-order valence-electron chi connectivity index (χ3n) is 4.42. The van der Waals surface area contributed by atoms with Crippen molar-refractivity contribution in [2.24, 2.45) is 5.92 Å². The van der Waals surface area contributed by atoms with E-state index in [4.69, 9.17) is 0 Å². The van der Waals surface area contributed by atoms with Gasteiger partial charge < -0.3 is 10.2 Å². The molecule has 158 valence electrons. The van der Waals surface area contributed by atoms with Gasteiger partial charge >= 0.3 is 0 Å². The molecular weight excluding hydrogens is 420 g/mol. The maximum atomic E-state index is 13.3. The fourth-order valence-corrected chi connectivity index (χ4v) is 3.82. The average Bonchev–Trinajstić information content (AvgIpc) is 2.62. The van der Waals surface area contributed by atoms with Gasteiger partial charge in [-0.2, -0.15) is 0 Å². The summed E-state index contributed by atoms with van der Waals surface area (Å²) in [6.45, 7) is 1.29. The molecule has 1 fully saturated rings. The molecule has 8 nitrogen and oxygen atoms in total. The maximum absolute atomic E-state index is 13.3. The molecule has 0 saturated carbocycles. The minimum Gasteiger partial charge on any atom is -0.337 e. The second-order valence-corrected chi connectivity index (χ2v) is 8.39. The molecule has 2 aromatic rings. The third-order valence-corrected chi connectivity index (χ3v) is 5.87. The smallest absolute Gasteiger partial charge is 0.264 e. The van der Waals surface area contributed by atoms with Crippen LogP contribution in [0.1, 0.15) is 17.3 Å². The Balaban J connectivity index is 1.56. The largest absolute Gasteiger partial charge is 0.337 e. The zero-order valence-corrected chi connectivity index (χ0v) is 16.5. The highest BCUT2D eigenvalue weighted by Crippen LogP contribution is 2.22. The summed E-state index contributed by atoms with van der Waals surface area (Å²) in [5.41, 5.74) is 0.330. The first-order valence-corrected chi connectivity index (χ1v) is 10.2. The quantitative estimate of drug-likeness (QED) is 0.736.